The van der Waals surface area contributed by atoms with Crippen LogP contribution < -0.4 is 10.5 Å². The van der Waals surface area contributed by atoms with Crippen molar-refractivity contribution in [3.8, 4) is 5.75 Å². The maximum Gasteiger partial charge on any atom is 0.242 e. The lowest BCUT2D eigenvalue weighted by Crippen LogP contribution is -2.62. The van der Waals surface area contributed by atoms with E-state index in [0.29, 0.717) is 13.2 Å². The van der Waals surface area contributed by atoms with Gasteiger partial charge in [-0.05, 0) is 31.5 Å². The van der Waals surface area contributed by atoms with E-state index >= 15 is 0 Å². The molecule has 0 atom stereocenters. The molecule has 1 saturated heterocycles. The van der Waals surface area contributed by atoms with Crippen LogP contribution in [0.2, 0.25) is 0 Å². The summed E-state index contributed by atoms with van der Waals surface area (Å²) in [5, 5.41) is 0. The van der Waals surface area contributed by atoms with E-state index in [1.54, 1.807) is 4.90 Å². The third kappa shape index (κ3) is 3.54. The van der Waals surface area contributed by atoms with Crippen LogP contribution in [0.1, 0.15) is 19.4 Å². The van der Waals surface area contributed by atoms with Gasteiger partial charge in [0.2, 0.25) is 5.91 Å². The molecule has 0 unspecified atom stereocenters. The molecule has 2 rings (SSSR count). The molecule has 5 nitrogen and oxygen atoms in total. The zero-order valence-corrected chi connectivity index (χ0v) is 13.1. The second-order valence-electron chi connectivity index (χ2n) is 5.97. The molecule has 0 bridgehead atoms. The standard InChI is InChI=1S/C16H25N3O2/c1-16(2)15(20)18(3)8-9-19(16)10-11-21-14-6-4-13(12-17)5-7-14/h4-7H,8-12,17H2,1-3H3. The first-order valence-electron chi connectivity index (χ1n) is 7.37. The van der Waals surface area contributed by atoms with Gasteiger partial charge in [-0.15, -0.1) is 0 Å². The fourth-order valence-corrected chi connectivity index (χ4v) is 2.64. The maximum atomic E-state index is 12.2. The first-order chi connectivity index (χ1) is 9.95. The number of ether oxygens (including phenoxy) is 1. The maximum absolute atomic E-state index is 12.2. The highest BCUT2D eigenvalue weighted by atomic mass is 16.5. The summed E-state index contributed by atoms with van der Waals surface area (Å²) in [5.74, 6) is 1.01. The van der Waals surface area contributed by atoms with Crippen LogP contribution in [0.4, 0.5) is 0 Å². The molecule has 1 fully saturated rings. The summed E-state index contributed by atoms with van der Waals surface area (Å²) in [6, 6.07) is 7.81. The van der Waals surface area contributed by atoms with Crippen molar-refractivity contribution < 1.29 is 9.53 Å². The first kappa shape index (κ1) is 15.8. The van der Waals surface area contributed by atoms with E-state index in [1.165, 1.54) is 0 Å². The van der Waals surface area contributed by atoms with Crippen molar-refractivity contribution >= 4 is 5.91 Å². The molecule has 0 spiro atoms. The van der Waals surface area contributed by atoms with Crippen molar-refractivity contribution in [3.05, 3.63) is 29.8 Å². The monoisotopic (exact) mass is 291 g/mol. The molecule has 0 radical (unpaired) electrons. The Kier molecular flexibility index (Phi) is 4.85. The van der Waals surface area contributed by atoms with Crippen LogP contribution in [0.3, 0.4) is 0 Å². The minimum Gasteiger partial charge on any atom is -0.492 e. The van der Waals surface area contributed by atoms with E-state index < -0.39 is 5.54 Å². The Bertz CT molecular complexity index is 485. The van der Waals surface area contributed by atoms with Gasteiger partial charge in [-0.1, -0.05) is 12.1 Å². The third-order valence-electron chi connectivity index (χ3n) is 4.15. The summed E-state index contributed by atoms with van der Waals surface area (Å²) < 4.78 is 5.76. The van der Waals surface area contributed by atoms with E-state index in [9.17, 15) is 4.79 Å². The van der Waals surface area contributed by atoms with Gasteiger partial charge in [0, 0.05) is 33.2 Å². The predicted octanol–water partition coefficient (Wildman–Crippen LogP) is 1.08. The van der Waals surface area contributed by atoms with E-state index in [-0.39, 0.29) is 5.91 Å². The number of benzene rings is 1. The number of carbonyl (C=O) groups is 1. The van der Waals surface area contributed by atoms with Crippen LogP contribution in [0.5, 0.6) is 5.75 Å². The second-order valence-corrected chi connectivity index (χ2v) is 5.97. The van der Waals surface area contributed by atoms with Crippen LogP contribution in [-0.2, 0) is 11.3 Å². The van der Waals surface area contributed by atoms with E-state index in [0.717, 1.165) is 30.9 Å². The van der Waals surface area contributed by atoms with Gasteiger partial charge in [-0.3, -0.25) is 9.69 Å². The van der Waals surface area contributed by atoms with Crippen LogP contribution in [0.25, 0.3) is 0 Å². The average molecular weight is 291 g/mol. The smallest absolute Gasteiger partial charge is 0.242 e. The number of hydrogen-bond acceptors (Lipinski definition) is 4. The molecule has 0 aliphatic carbocycles. The number of rotatable bonds is 5. The second kappa shape index (κ2) is 6.45. The molecular weight excluding hydrogens is 266 g/mol. The molecule has 5 heteroatoms. The van der Waals surface area contributed by atoms with Gasteiger partial charge < -0.3 is 15.4 Å². The minimum atomic E-state index is -0.459. The molecular formula is C16H25N3O2. The summed E-state index contributed by atoms with van der Waals surface area (Å²) in [7, 11) is 1.86. The highest BCUT2D eigenvalue weighted by Crippen LogP contribution is 2.21. The fraction of sp³-hybridized carbons (Fsp3) is 0.562. The van der Waals surface area contributed by atoms with Crippen molar-refractivity contribution in [2.75, 3.05) is 33.3 Å². The quantitative estimate of drug-likeness (QED) is 0.882. The van der Waals surface area contributed by atoms with E-state index in [1.807, 2.05) is 45.2 Å². The average Bonchev–Trinajstić information content (AvgIpc) is 2.48. The predicted molar refractivity (Wildman–Crippen MR) is 83.1 cm³/mol. The van der Waals surface area contributed by atoms with E-state index in [2.05, 4.69) is 4.90 Å². The lowest BCUT2D eigenvalue weighted by atomic mass is 9.98. The topological polar surface area (TPSA) is 58.8 Å². The molecule has 2 N–H and O–H groups in total. The van der Waals surface area contributed by atoms with Crippen molar-refractivity contribution in [2.24, 2.45) is 5.73 Å². The zero-order chi connectivity index (χ0) is 15.5. The molecule has 1 heterocycles. The summed E-state index contributed by atoms with van der Waals surface area (Å²) in [5.41, 5.74) is 6.20. The van der Waals surface area contributed by atoms with Gasteiger partial charge >= 0.3 is 0 Å². The number of likely N-dealkylation sites (N-methyl/N-ethyl adjacent to an activating group) is 1. The van der Waals surface area contributed by atoms with Crippen molar-refractivity contribution in [1.29, 1.82) is 0 Å². The van der Waals surface area contributed by atoms with Crippen LogP contribution in [0, 0.1) is 0 Å². The van der Waals surface area contributed by atoms with E-state index in [4.69, 9.17) is 10.5 Å². The molecule has 1 aromatic carbocycles. The Morgan fingerprint density at radius 2 is 1.90 bits per heavy atom. The van der Waals surface area contributed by atoms with Crippen LogP contribution >= 0.6 is 0 Å². The van der Waals surface area contributed by atoms with Gasteiger partial charge in [-0.25, -0.2) is 0 Å². The number of nitrogens with two attached hydrogens (primary N) is 1. The number of amides is 1. The van der Waals surface area contributed by atoms with Crippen molar-refractivity contribution in [1.82, 2.24) is 9.80 Å². The third-order valence-corrected chi connectivity index (χ3v) is 4.15. The summed E-state index contributed by atoms with van der Waals surface area (Å²) in [6.07, 6.45) is 0. The fourth-order valence-electron chi connectivity index (χ4n) is 2.64. The summed E-state index contributed by atoms with van der Waals surface area (Å²) in [6.45, 7) is 7.45. The molecule has 21 heavy (non-hydrogen) atoms. The highest BCUT2D eigenvalue weighted by Gasteiger charge is 2.39. The SMILES string of the molecule is CN1CCN(CCOc2ccc(CN)cc2)C(C)(C)C1=O. The molecule has 1 aliphatic rings. The first-order valence-corrected chi connectivity index (χ1v) is 7.37. The Morgan fingerprint density at radius 1 is 1.24 bits per heavy atom. The van der Waals surface area contributed by atoms with Gasteiger partial charge in [0.1, 0.15) is 12.4 Å². The number of nitrogens with zero attached hydrogens (tertiary/aromatic N) is 2. The Hall–Kier alpha value is -1.59. The molecule has 116 valence electrons. The largest absolute Gasteiger partial charge is 0.492 e. The lowest BCUT2D eigenvalue weighted by molar-refractivity contribution is -0.147. The van der Waals surface area contributed by atoms with Gasteiger partial charge in [0.05, 0.1) is 5.54 Å². The van der Waals surface area contributed by atoms with Crippen molar-refractivity contribution in [2.45, 2.75) is 25.9 Å². The molecule has 1 aliphatic heterocycles. The molecule has 0 saturated carbocycles. The lowest BCUT2D eigenvalue weighted by Gasteiger charge is -2.44. The molecule has 1 aromatic rings. The van der Waals surface area contributed by atoms with Crippen molar-refractivity contribution in [3.63, 3.8) is 0 Å². The van der Waals surface area contributed by atoms with Gasteiger partial charge in [0.25, 0.3) is 0 Å². The minimum absolute atomic E-state index is 0.168. The number of piperazine rings is 1. The van der Waals surface area contributed by atoms with Crippen LogP contribution in [0.15, 0.2) is 24.3 Å². The zero-order valence-electron chi connectivity index (χ0n) is 13.1. The van der Waals surface area contributed by atoms with Gasteiger partial charge in [-0.2, -0.15) is 0 Å². The highest BCUT2D eigenvalue weighted by molar-refractivity contribution is 5.86. The molecule has 0 aromatic heterocycles. The number of carbonyl (C=O) groups excluding carboxylic acids is 1. The normalized spacial score (nSPS) is 18.9. The van der Waals surface area contributed by atoms with Gasteiger partial charge in [0.15, 0.2) is 0 Å². The van der Waals surface area contributed by atoms with Crippen LogP contribution in [-0.4, -0.2) is 54.5 Å². The number of hydrogen-bond donors (Lipinski definition) is 1. The summed E-state index contributed by atoms with van der Waals surface area (Å²) >= 11 is 0. The Balaban J connectivity index is 1.86. The molecule has 1 amide bonds. The Morgan fingerprint density at radius 3 is 2.52 bits per heavy atom. The summed E-state index contributed by atoms with van der Waals surface area (Å²) in [4.78, 5) is 16.2. The Labute approximate surface area is 126 Å².